The zero-order valence-corrected chi connectivity index (χ0v) is 10.4. The molecule has 9 heteroatoms. The van der Waals surface area contributed by atoms with Crippen molar-refractivity contribution in [3.05, 3.63) is 58.2 Å². The number of nitrogens with two attached hydrogens (primary N) is 1. The van der Waals surface area contributed by atoms with Crippen LogP contribution < -0.4 is 10.5 Å². The summed E-state index contributed by atoms with van der Waals surface area (Å²) in [6.07, 6.45) is 2.51. The third-order valence-corrected chi connectivity index (χ3v) is 2.52. The molecule has 0 saturated carbocycles. The van der Waals surface area contributed by atoms with E-state index in [0.717, 1.165) is 12.1 Å². The normalized spacial score (nSPS) is 11.2. The molecule has 0 saturated heterocycles. The standard InChI is InChI=1S/C12H9FN4O4/c13-8-2-1-3-9(17(19)20)11(8)21-10-6-15-5-4-7(10)12(14)16-18/h1-6,18H,(H2,14,16). The summed E-state index contributed by atoms with van der Waals surface area (Å²) in [6.45, 7) is 0. The quantitative estimate of drug-likeness (QED) is 0.292. The lowest BCUT2D eigenvalue weighted by Gasteiger charge is -2.10. The number of rotatable bonds is 4. The number of pyridine rings is 1. The Balaban J connectivity index is 2.52. The molecule has 0 aliphatic carbocycles. The maximum Gasteiger partial charge on any atom is 0.314 e. The van der Waals surface area contributed by atoms with E-state index < -0.39 is 22.2 Å². The zero-order valence-electron chi connectivity index (χ0n) is 10.4. The Bertz CT molecular complexity index is 720. The van der Waals surface area contributed by atoms with Gasteiger partial charge in [0.25, 0.3) is 0 Å². The van der Waals surface area contributed by atoms with Crippen molar-refractivity contribution in [2.24, 2.45) is 10.9 Å². The molecule has 0 aliphatic rings. The summed E-state index contributed by atoms with van der Waals surface area (Å²) >= 11 is 0. The molecule has 2 rings (SSSR count). The highest BCUT2D eigenvalue weighted by atomic mass is 19.1. The Morgan fingerprint density at radius 1 is 1.48 bits per heavy atom. The van der Waals surface area contributed by atoms with Gasteiger partial charge in [-0.25, -0.2) is 4.39 Å². The predicted molar refractivity (Wildman–Crippen MR) is 69.9 cm³/mol. The number of aromatic nitrogens is 1. The predicted octanol–water partition coefficient (Wildman–Crippen LogP) is 2.02. The average molecular weight is 292 g/mol. The van der Waals surface area contributed by atoms with Crippen molar-refractivity contribution in [2.75, 3.05) is 0 Å². The number of para-hydroxylation sites is 1. The summed E-state index contributed by atoms with van der Waals surface area (Å²) in [6, 6.07) is 4.66. The van der Waals surface area contributed by atoms with Crippen molar-refractivity contribution >= 4 is 11.5 Å². The van der Waals surface area contributed by atoms with E-state index in [1.807, 2.05) is 0 Å². The topological polar surface area (TPSA) is 124 Å². The minimum atomic E-state index is -0.918. The van der Waals surface area contributed by atoms with Crippen molar-refractivity contribution in [1.82, 2.24) is 4.98 Å². The van der Waals surface area contributed by atoms with Gasteiger partial charge < -0.3 is 15.7 Å². The molecule has 0 radical (unpaired) electrons. The second kappa shape index (κ2) is 5.82. The number of ether oxygens (including phenoxy) is 1. The van der Waals surface area contributed by atoms with E-state index >= 15 is 0 Å². The first-order valence-corrected chi connectivity index (χ1v) is 5.57. The Hall–Kier alpha value is -3.23. The summed E-state index contributed by atoms with van der Waals surface area (Å²) in [4.78, 5) is 13.9. The maximum absolute atomic E-state index is 13.8. The van der Waals surface area contributed by atoms with Gasteiger partial charge in [-0.3, -0.25) is 15.1 Å². The van der Waals surface area contributed by atoms with Crippen LogP contribution in [-0.4, -0.2) is 21.0 Å². The highest BCUT2D eigenvalue weighted by Crippen LogP contribution is 2.34. The van der Waals surface area contributed by atoms with Gasteiger partial charge in [0.15, 0.2) is 17.4 Å². The molecular formula is C12H9FN4O4. The highest BCUT2D eigenvalue weighted by Gasteiger charge is 2.22. The summed E-state index contributed by atoms with van der Waals surface area (Å²) in [5.74, 6) is -1.88. The van der Waals surface area contributed by atoms with E-state index in [9.17, 15) is 14.5 Å². The number of halogens is 1. The first kappa shape index (κ1) is 14.2. The molecule has 0 fully saturated rings. The van der Waals surface area contributed by atoms with Crippen LogP contribution in [-0.2, 0) is 0 Å². The van der Waals surface area contributed by atoms with Crippen LogP contribution >= 0.6 is 0 Å². The molecule has 1 heterocycles. The molecule has 0 aliphatic heterocycles. The van der Waals surface area contributed by atoms with Crippen LogP contribution in [0.5, 0.6) is 11.5 Å². The number of oxime groups is 1. The first-order valence-electron chi connectivity index (χ1n) is 5.57. The Labute approximate surface area is 117 Å². The Morgan fingerprint density at radius 2 is 2.24 bits per heavy atom. The molecular weight excluding hydrogens is 283 g/mol. The van der Waals surface area contributed by atoms with Crippen LogP contribution in [0.1, 0.15) is 5.56 Å². The SMILES string of the molecule is N/C(=N/O)c1ccncc1Oc1c(F)cccc1[N+](=O)[O-]. The molecule has 21 heavy (non-hydrogen) atoms. The van der Waals surface area contributed by atoms with Crippen LogP contribution in [0, 0.1) is 15.9 Å². The molecule has 108 valence electrons. The van der Waals surface area contributed by atoms with E-state index in [2.05, 4.69) is 10.1 Å². The molecule has 0 atom stereocenters. The van der Waals surface area contributed by atoms with Gasteiger partial charge in [0.05, 0.1) is 16.7 Å². The van der Waals surface area contributed by atoms with E-state index in [1.165, 1.54) is 24.5 Å². The molecule has 3 N–H and O–H groups in total. The first-order chi connectivity index (χ1) is 10.0. The summed E-state index contributed by atoms with van der Waals surface area (Å²) in [5.41, 5.74) is 5.01. The number of nitro groups is 1. The minimum Gasteiger partial charge on any atom is -0.445 e. The van der Waals surface area contributed by atoms with Crippen LogP contribution in [0.3, 0.4) is 0 Å². The van der Waals surface area contributed by atoms with Gasteiger partial charge in [-0.15, -0.1) is 0 Å². The lowest BCUT2D eigenvalue weighted by molar-refractivity contribution is -0.385. The molecule has 0 amide bonds. The number of benzene rings is 1. The highest BCUT2D eigenvalue weighted by molar-refractivity contribution is 5.99. The number of nitro benzene ring substituents is 1. The summed E-state index contributed by atoms with van der Waals surface area (Å²) in [7, 11) is 0. The van der Waals surface area contributed by atoms with Gasteiger partial charge in [0, 0.05) is 12.3 Å². The van der Waals surface area contributed by atoms with Crippen molar-refractivity contribution in [1.29, 1.82) is 0 Å². The molecule has 8 nitrogen and oxygen atoms in total. The fourth-order valence-corrected chi connectivity index (χ4v) is 1.58. The summed E-state index contributed by atoms with van der Waals surface area (Å²) in [5, 5.41) is 22.4. The molecule has 0 spiro atoms. The van der Waals surface area contributed by atoms with E-state index in [4.69, 9.17) is 15.7 Å². The maximum atomic E-state index is 13.8. The molecule has 0 bridgehead atoms. The second-order valence-corrected chi connectivity index (χ2v) is 3.80. The van der Waals surface area contributed by atoms with E-state index in [-0.39, 0.29) is 17.1 Å². The van der Waals surface area contributed by atoms with Gasteiger partial charge >= 0.3 is 5.69 Å². The zero-order chi connectivity index (χ0) is 15.4. The third-order valence-electron chi connectivity index (χ3n) is 2.52. The van der Waals surface area contributed by atoms with Crippen LogP contribution in [0.2, 0.25) is 0 Å². The molecule has 2 aromatic rings. The Morgan fingerprint density at radius 3 is 2.90 bits per heavy atom. The van der Waals surface area contributed by atoms with E-state index in [0.29, 0.717) is 0 Å². The van der Waals surface area contributed by atoms with Gasteiger partial charge in [-0.05, 0) is 12.1 Å². The van der Waals surface area contributed by atoms with Gasteiger partial charge in [-0.2, -0.15) is 0 Å². The smallest absolute Gasteiger partial charge is 0.314 e. The minimum absolute atomic E-state index is 0.0824. The van der Waals surface area contributed by atoms with Gasteiger partial charge in [0.1, 0.15) is 0 Å². The lowest BCUT2D eigenvalue weighted by Crippen LogP contribution is -2.14. The van der Waals surface area contributed by atoms with Crippen molar-refractivity contribution < 1.29 is 19.3 Å². The third kappa shape index (κ3) is 2.86. The molecule has 1 aromatic heterocycles. The van der Waals surface area contributed by atoms with Gasteiger partial charge in [-0.1, -0.05) is 11.2 Å². The monoisotopic (exact) mass is 292 g/mol. The molecule has 0 unspecified atom stereocenters. The fraction of sp³-hybridized carbons (Fsp3) is 0. The number of hydrogen-bond acceptors (Lipinski definition) is 6. The van der Waals surface area contributed by atoms with Gasteiger partial charge in [0.2, 0.25) is 5.75 Å². The second-order valence-electron chi connectivity index (χ2n) is 3.80. The summed E-state index contributed by atoms with van der Waals surface area (Å²) < 4.78 is 19.0. The largest absolute Gasteiger partial charge is 0.445 e. The number of nitrogens with zero attached hydrogens (tertiary/aromatic N) is 3. The van der Waals surface area contributed by atoms with E-state index in [1.54, 1.807) is 0 Å². The van der Waals surface area contributed by atoms with Crippen LogP contribution in [0.4, 0.5) is 10.1 Å². The Kier molecular flexibility index (Phi) is 3.93. The average Bonchev–Trinajstić information content (AvgIpc) is 2.48. The molecule has 1 aromatic carbocycles. The number of amidine groups is 1. The van der Waals surface area contributed by atoms with Crippen molar-refractivity contribution in [2.45, 2.75) is 0 Å². The lowest BCUT2D eigenvalue weighted by atomic mass is 10.2. The van der Waals surface area contributed by atoms with Crippen LogP contribution in [0.25, 0.3) is 0 Å². The van der Waals surface area contributed by atoms with Crippen molar-refractivity contribution in [3.63, 3.8) is 0 Å². The fourth-order valence-electron chi connectivity index (χ4n) is 1.58. The van der Waals surface area contributed by atoms with Crippen LogP contribution in [0.15, 0.2) is 41.8 Å². The number of hydrogen-bond donors (Lipinski definition) is 2. The van der Waals surface area contributed by atoms with Crippen molar-refractivity contribution in [3.8, 4) is 11.5 Å².